The maximum atomic E-state index is 14.7. The molecule has 2 aromatic carbocycles. The second-order valence-electron chi connectivity index (χ2n) is 10.4. The molecular weight excluding hydrogens is 593 g/mol. The molecule has 5 rings (SSSR count). The average Bonchev–Trinajstić information content (AvgIpc) is 3.38. The molecule has 4 N–H and O–H groups in total. The standard InChI is InChI=1S/C30H29ClFN7O5/c1-15-6-4-8-21(35-29(42)27-16(2)39(38-37-27)24-9-5-7-20(31)26(24)32)23-12-17(13-25(40)34-23)19-11-10-18(33-30(43)44-3)14-22(19)36-28(15)41/h5,7,9-15,21H,4,6,8H2,1-3H3,(H,33,43)(H,34,40)(H,35,42)(H,36,41)/t15-,21+/m1/s1. The van der Waals surface area contributed by atoms with Crippen LogP contribution in [0.1, 0.15) is 54.1 Å². The van der Waals surface area contributed by atoms with Crippen LogP contribution in [-0.2, 0) is 9.53 Å². The first-order valence-electron chi connectivity index (χ1n) is 13.8. The maximum Gasteiger partial charge on any atom is 0.411 e. The van der Waals surface area contributed by atoms with Crippen LogP contribution in [0, 0.1) is 18.7 Å². The summed E-state index contributed by atoms with van der Waals surface area (Å²) in [6.07, 6.45) is 0.735. The van der Waals surface area contributed by atoms with E-state index >= 15 is 0 Å². The van der Waals surface area contributed by atoms with Crippen LogP contribution in [0.4, 0.5) is 20.6 Å². The zero-order chi connectivity index (χ0) is 31.5. The number of fused-ring (bicyclic) bond motifs is 4. The van der Waals surface area contributed by atoms with Gasteiger partial charge in [-0.05, 0) is 55.7 Å². The maximum absolute atomic E-state index is 14.7. The molecule has 14 heteroatoms. The number of carbonyl (C=O) groups is 3. The molecule has 4 aromatic rings. The van der Waals surface area contributed by atoms with Gasteiger partial charge in [0, 0.05) is 28.9 Å². The van der Waals surface area contributed by atoms with Crippen molar-refractivity contribution in [1.29, 1.82) is 0 Å². The number of halogens is 2. The quantitative estimate of drug-likeness (QED) is 0.246. The van der Waals surface area contributed by atoms with Crippen molar-refractivity contribution in [2.75, 3.05) is 17.7 Å². The van der Waals surface area contributed by atoms with E-state index in [-0.39, 0.29) is 33.9 Å². The number of rotatable bonds is 4. The highest BCUT2D eigenvalue weighted by atomic mass is 35.5. The number of nitrogens with zero attached hydrogens (tertiary/aromatic N) is 3. The zero-order valence-corrected chi connectivity index (χ0v) is 24.8. The average molecular weight is 622 g/mol. The second-order valence-corrected chi connectivity index (χ2v) is 10.8. The molecule has 3 amide bonds. The predicted molar refractivity (Wildman–Crippen MR) is 161 cm³/mol. The van der Waals surface area contributed by atoms with Crippen molar-refractivity contribution in [1.82, 2.24) is 25.3 Å². The molecule has 228 valence electrons. The van der Waals surface area contributed by atoms with Gasteiger partial charge in [0.2, 0.25) is 11.5 Å². The van der Waals surface area contributed by atoms with E-state index in [1.54, 1.807) is 44.2 Å². The van der Waals surface area contributed by atoms with Gasteiger partial charge >= 0.3 is 6.09 Å². The van der Waals surface area contributed by atoms with Gasteiger partial charge in [0.15, 0.2) is 11.5 Å². The predicted octanol–water partition coefficient (Wildman–Crippen LogP) is 5.13. The summed E-state index contributed by atoms with van der Waals surface area (Å²) in [5, 5.41) is 16.3. The third-order valence-electron chi connectivity index (χ3n) is 7.41. The number of ether oxygens (including phenoxy) is 1. The summed E-state index contributed by atoms with van der Waals surface area (Å²) in [6, 6.07) is 11.7. The van der Waals surface area contributed by atoms with Crippen molar-refractivity contribution in [3.63, 3.8) is 0 Å². The fourth-order valence-corrected chi connectivity index (χ4v) is 5.19. The molecule has 0 unspecified atom stereocenters. The second kappa shape index (κ2) is 12.7. The van der Waals surface area contributed by atoms with E-state index in [1.807, 2.05) is 0 Å². The number of nitrogens with one attached hydrogen (secondary N) is 4. The van der Waals surface area contributed by atoms with E-state index in [0.29, 0.717) is 47.5 Å². The number of H-pyrrole nitrogens is 1. The molecule has 3 heterocycles. The Kier molecular flexibility index (Phi) is 8.76. The molecule has 2 aromatic heterocycles. The SMILES string of the molecule is COC(=O)Nc1ccc2c(c1)NC(=O)[C@H](C)CCC[C@H](NC(=O)c1nnn(-c3cccc(Cl)c3F)c1C)c1cc-2cc(=O)[nH]1. The van der Waals surface area contributed by atoms with Crippen LogP contribution in [0.2, 0.25) is 5.02 Å². The minimum absolute atomic E-state index is 0.0299. The number of amides is 3. The summed E-state index contributed by atoms with van der Waals surface area (Å²) in [5.41, 5.74) is 2.09. The Labute approximate surface area is 256 Å². The molecule has 0 radical (unpaired) electrons. The van der Waals surface area contributed by atoms with Crippen LogP contribution in [0.15, 0.2) is 53.3 Å². The fraction of sp³-hybridized carbons (Fsp3) is 0.267. The lowest BCUT2D eigenvalue weighted by Gasteiger charge is -2.22. The molecule has 44 heavy (non-hydrogen) atoms. The lowest BCUT2D eigenvalue weighted by Crippen LogP contribution is -2.31. The van der Waals surface area contributed by atoms with Crippen LogP contribution in [-0.4, -0.2) is 45.0 Å². The van der Waals surface area contributed by atoms with Gasteiger partial charge < -0.3 is 20.4 Å². The number of pyridine rings is 1. The Morgan fingerprint density at radius 1 is 1.14 bits per heavy atom. The summed E-state index contributed by atoms with van der Waals surface area (Å²) >= 11 is 5.93. The first-order chi connectivity index (χ1) is 21.0. The molecule has 0 saturated carbocycles. The number of anilines is 2. The summed E-state index contributed by atoms with van der Waals surface area (Å²) in [6.45, 7) is 3.38. The number of aromatic amines is 1. The largest absolute Gasteiger partial charge is 0.453 e. The van der Waals surface area contributed by atoms with Crippen molar-refractivity contribution in [3.8, 4) is 16.8 Å². The smallest absolute Gasteiger partial charge is 0.411 e. The lowest BCUT2D eigenvalue weighted by atomic mass is 9.95. The van der Waals surface area contributed by atoms with E-state index in [2.05, 4.69) is 36.0 Å². The van der Waals surface area contributed by atoms with Crippen molar-refractivity contribution in [3.05, 3.63) is 86.8 Å². The molecule has 2 atom stereocenters. The van der Waals surface area contributed by atoms with Gasteiger partial charge in [0.05, 0.1) is 29.6 Å². The van der Waals surface area contributed by atoms with Crippen LogP contribution >= 0.6 is 11.6 Å². The molecule has 12 nitrogen and oxygen atoms in total. The fourth-order valence-electron chi connectivity index (χ4n) is 5.03. The van der Waals surface area contributed by atoms with Crippen molar-refractivity contribution in [2.24, 2.45) is 5.92 Å². The highest BCUT2D eigenvalue weighted by molar-refractivity contribution is 6.30. The molecule has 0 fully saturated rings. The first kappa shape index (κ1) is 30.4. The van der Waals surface area contributed by atoms with Crippen LogP contribution < -0.4 is 21.5 Å². The normalized spacial score (nSPS) is 16.5. The number of carbonyl (C=O) groups excluding carboxylic acids is 3. The molecular formula is C30H29ClFN7O5. The minimum atomic E-state index is -0.700. The van der Waals surface area contributed by atoms with E-state index in [9.17, 15) is 23.6 Å². The highest BCUT2D eigenvalue weighted by Gasteiger charge is 2.25. The van der Waals surface area contributed by atoms with Gasteiger partial charge in [0.25, 0.3) is 5.91 Å². The van der Waals surface area contributed by atoms with E-state index in [4.69, 9.17) is 11.6 Å². The molecule has 1 aliphatic heterocycles. The first-order valence-corrected chi connectivity index (χ1v) is 14.2. The lowest BCUT2D eigenvalue weighted by molar-refractivity contribution is -0.119. The van der Waals surface area contributed by atoms with Gasteiger partial charge in [-0.25, -0.2) is 13.9 Å². The van der Waals surface area contributed by atoms with Gasteiger partial charge in [-0.3, -0.25) is 19.7 Å². The number of hydrogen-bond donors (Lipinski definition) is 4. The van der Waals surface area contributed by atoms with Gasteiger partial charge in [-0.2, -0.15) is 0 Å². The topological polar surface area (TPSA) is 160 Å². The Bertz CT molecular complexity index is 1820. The summed E-state index contributed by atoms with van der Waals surface area (Å²) in [7, 11) is 1.24. The van der Waals surface area contributed by atoms with E-state index < -0.39 is 29.4 Å². The Hall–Kier alpha value is -5.04. The molecule has 0 aliphatic carbocycles. The van der Waals surface area contributed by atoms with E-state index in [1.165, 1.54) is 30.0 Å². The molecule has 1 aliphatic rings. The minimum Gasteiger partial charge on any atom is -0.453 e. The number of benzene rings is 2. The number of hydrogen-bond acceptors (Lipinski definition) is 7. The van der Waals surface area contributed by atoms with Gasteiger partial charge in [-0.15, -0.1) is 5.10 Å². The summed E-state index contributed by atoms with van der Waals surface area (Å²) in [4.78, 5) is 54.1. The van der Waals surface area contributed by atoms with Crippen LogP contribution in [0.25, 0.3) is 16.8 Å². The van der Waals surface area contributed by atoms with Crippen molar-refractivity contribution < 1.29 is 23.5 Å². The summed E-state index contributed by atoms with van der Waals surface area (Å²) < 4.78 is 20.5. The third-order valence-corrected chi connectivity index (χ3v) is 7.70. The Morgan fingerprint density at radius 2 is 1.93 bits per heavy atom. The molecule has 0 spiro atoms. The molecule has 0 saturated heterocycles. The van der Waals surface area contributed by atoms with Crippen LogP contribution in [0.5, 0.6) is 0 Å². The Morgan fingerprint density at radius 3 is 2.70 bits per heavy atom. The Balaban J connectivity index is 1.52. The monoisotopic (exact) mass is 621 g/mol. The third kappa shape index (κ3) is 6.32. The van der Waals surface area contributed by atoms with Crippen molar-refractivity contribution >= 4 is 40.9 Å². The van der Waals surface area contributed by atoms with Gasteiger partial charge in [-0.1, -0.05) is 42.3 Å². The number of aromatic nitrogens is 4. The number of methoxy groups -OCH3 is 1. The summed E-state index contributed by atoms with van der Waals surface area (Å²) in [5.74, 6) is -1.91. The van der Waals surface area contributed by atoms with Gasteiger partial charge in [0.1, 0.15) is 5.69 Å². The zero-order valence-electron chi connectivity index (χ0n) is 24.0. The molecule has 2 bridgehead atoms. The van der Waals surface area contributed by atoms with Crippen LogP contribution in [0.3, 0.4) is 0 Å². The highest BCUT2D eigenvalue weighted by Crippen LogP contribution is 2.33. The van der Waals surface area contributed by atoms with Crippen molar-refractivity contribution in [2.45, 2.75) is 39.2 Å². The van der Waals surface area contributed by atoms with E-state index in [0.717, 1.165) is 0 Å².